The molecule has 0 spiro atoms. The van der Waals surface area contributed by atoms with Gasteiger partial charge in [0.25, 0.3) is 0 Å². The number of amides is 2. The number of nitrogens with zero attached hydrogens (tertiary/aromatic N) is 3. The number of hydrogen-bond donors (Lipinski definition) is 0. The van der Waals surface area contributed by atoms with Gasteiger partial charge in [-0.05, 0) is 42.8 Å². The van der Waals surface area contributed by atoms with Crippen LogP contribution >= 0.6 is 7.67 Å². The number of hydrogen-bond acceptors (Lipinski definition) is 10. The van der Waals surface area contributed by atoms with Crippen molar-refractivity contribution in [2.24, 2.45) is 0 Å². The Morgan fingerprint density at radius 3 is 2.12 bits per heavy atom. The Hall–Kier alpha value is -4.31. The lowest BCUT2D eigenvalue weighted by atomic mass is 10.1. The van der Waals surface area contributed by atoms with Gasteiger partial charge in [0.15, 0.2) is 5.76 Å². The number of carbonyl (C=O) groups excluding carboxylic acids is 3. The molecular formula is C27H28N3O9P. The Morgan fingerprint density at radius 1 is 0.925 bits per heavy atom. The van der Waals surface area contributed by atoms with E-state index in [1.54, 1.807) is 18.2 Å². The third kappa shape index (κ3) is 5.67. The molecule has 2 aliphatic heterocycles. The fourth-order valence-corrected chi connectivity index (χ4v) is 6.18. The van der Waals surface area contributed by atoms with Gasteiger partial charge in [0.2, 0.25) is 0 Å². The van der Waals surface area contributed by atoms with Crippen molar-refractivity contribution in [1.82, 2.24) is 14.5 Å². The first-order valence-electron chi connectivity index (χ1n) is 12.9. The summed E-state index contributed by atoms with van der Waals surface area (Å²) in [5.41, 5.74) is 2.09. The molecule has 12 nitrogen and oxygen atoms in total. The molecule has 0 bridgehead atoms. The van der Waals surface area contributed by atoms with Crippen LogP contribution in [-0.2, 0) is 18.6 Å². The van der Waals surface area contributed by atoms with Crippen LogP contribution in [0.4, 0.5) is 9.59 Å². The molecule has 1 aromatic heterocycles. The van der Waals surface area contributed by atoms with E-state index < -0.39 is 25.8 Å². The summed E-state index contributed by atoms with van der Waals surface area (Å²) in [6, 6.07) is 15.5. The Kier molecular flexibility index (Phi) is 8.06. The number of carbonyl (C=O) groups is 3. The highest BCUT2D eigenvalue weighted by Crippen LogP contribution is 2.57. The van der Waals surface area contributed by atoms with Crippen molar-refractivity contribution in [3.05, 3.63) is 60.2 Å². The van der Waals surface area contributed by atoms with E-state index in [9.17, 15) is 18.9 Å². The molecule has 2 aliphatic rings. The largest absolute Gasteiger partial charge is 0.494 e. The number of rotatable bonds is 11. The van der Waals surface area contributed by atoms with Crippen LogP contribution in [0.1, 0.15) is 36.5 Å². The quantitative estimate of drug-likeness (QED) is 0.207. The van der Waals surface area contributed by atoms with E-state index in [0.29, 0.717) is 23.6 Å². The molecule has 2 saturated heterocycles. The number of benzene rings is 2. The number of unbranched alkanes of at least 4 members (excludes halogenated alkanes) is 2. The standard InChI is InChI=1S/C27H28N3O9P/c1-2-3-4-15-35-22-11-9-20(10-12-22)24-18-23(28-38-24)19-5-7-21(8-6-19)25(31)39-40(34,29-13-16-36-26(29)32)30-14-17-37-27(30)33/h5-12,18H,2-4,13-17H2,1H3. The van der Waals surface area contributed by atoms with Crippen LogP contribution in [-0.4, -0.2) is 65.6 Å². The fourth-order valence-electron chi connectivity index (χ4n) is 4.20. The lowest BCUT2D eigenvalue weighted by Gasteiger charge is -2.29. The van der Waals surface area contributed by atoms with Crippen LogP contribution in [0.3, 0.4) is 0 Å². The van der Waals surface area contributed by atoms with Crippen LogP contribution in [0, 0.1) is 0 Å². The van der Waals surface area contributed by atoms with E-state index in [2.05, 4.69) is 12.1 Å². The normalized spacial score (nSPS) is 15.2. The van der Waals surface area contributed by atoms with Crippen LogP contribution in [0.2, 0.25) is 0 Å². The SMILES string of the molecule is CCCCCOc1ccc(-c2cc(-c3ccc(C(=O)OP(=O)(N4CCOC4=O)N4CCOC4=O)cc3)no2)cc1. The molecule has 3 aromatic rings. The average Bonchev–Trinajstić information content (AvgIpc) is 3.73. The molecule has 2 amide bonds. The number of cyclic esters (lactones) is 2. The minimum Gasteiger partial charge on any atom is -0.494 e. The van der Waals surface area contributed by atoms with Crippen LogP contribution < -0.4 is 4.74 Å². The van der Waals surface area contributed by atoms with Gasteiger partial charge in [-0.1, -0.05) is 37.1 Å². The number of aromatic nitrogens is 1. The molecule has 0 unspecified atom stereocenters. The second kappa shape index (κ2) is 11.8. The van der Waals surface area contributed by atoms with Gasteiger partial charge in [-0.3, -0.25) is 0 Å². The third-order valence-electron chi connectivity index (χ3n) is 6.37. The van der Waals surface area contributed by atoms with Crippen molar-refractivity contribution in [3.8, 4) is 28.3 Å². The Balaban J connectivity index is 1.26. The number of ether oxygens (including phenoxy) is 3. The van der Waals surface area contributed by atoms with E-state index in [1.165, 1.54) is 12.1 Å². The van der Waals surface area contributed by atoms with E-state index in [-0.39, 0.29) is 31.9 Å². The first kappa shape index (κ1) is 27.3. The Morgan fingerprint density at radius 2 is 1.55 bits per heavy atom. The van der Waals surface area contributed by atoms with Gasteiger partial charge in [-0.2, -0.15) is 0 Å². The predicted octanol–water partition coefficient (Wildman–Crippen LogP) is 5.75. The summed E-state index contributed by atoms with van der Waals surface area (Å²) in [6.45, 7) is 2.53. The van der Waals surface area contributed by atoms with Crippen molar-refractivity contribution in [1.29, 1.82) is 0 Å². The molecule has 5 rings (SSSR count). The van der Waals surface area contributed by atoms with Gasteiger partial charge in [0.05, 0.1) is 25.3 Å². The zero-order valence-electron chi connectivity index (χ0n) is 21.8. The van der Waals surface area contributed by atoms with Crippen LogP contribution in [0.25, 0.3) is 22.6 Å². The van der Waals surface area contributed by atoms with Crippen molar-refractivity contribution in [3.63, 3.8) is 0 Å². The zero-order valence-corrected chi connectivity index (χ0v) is 22.7. The van der Waals surface area contributed by atoms with Crippen LogP contribution in [0.15, 0.2) is 59.1 Å². The summed E-state index contributed by atoms with van der Waals surface area (Å²) in [5, 5.41) is 4.13. The molecule has 0 N–H and O–H groups in total. The summed E-state index contributed by atoms with van der Waals surface area (Å²) in [4.78, 5) is 37.2. The first-order valence-corrected chi connectivity index (χ1v) is 14.5. The van der Waals surface area contributed by atoms with Crippen molar-refractivity contribution in [2.45, 2.75) is 26.2 Å². The maximum atomic E-state index is 13.7. The van der Waals surface area contributed by atoms with E-state index in [0.717, 1.165) is 39.9 Å². The summed E-state index contributed by atoms with van der Waals surface area (Å²) in [6.07, 6.45) is 1.40. The van der Waals surface area contributed by atoms with Crippen molar-refractivity contribution < 1.29 is 42.2 Å². The summed E-state index contributed by atoms with van der Waals surface area (Å²) >= 11 is 0. The van der Waals surface area contributed by atoms with Gasteiger partial charge in [-0.25, -0.2) is 28.3 Å². The second-order valence-corrected chi connectivity index (χ2v) is 11.2. The van der Waals surface area contributed by atoms with E-state index in [4.69, 9.17) is 23.3 Å². The summed E-state index contributed by atoms with van der Waals surface area (Å²) < 4.78 is 41.5. The summed E-state index contributed by atoms with van der Waals surface area (Å²) in [5.74, 6) is 0.369. The highest BCUT2D eigenvalue weighted by atomic mass is 31.2. The minimum absolute atomic E-state index is 0.0470. The highest BCUT2D eigenvalue weighted by Gasteiger charge is 2.52. The smallest absolute Gasteiger partial charge is 0.461 e. The van der Waals surface area contributed by atoms with Gasteiger partial charge < -0.3 is 23.3 Å². The molecule has 2 aromatic carbocycles. The molecular weight excluding hydrogens is 541 g/mol. The molecule has 0 radical (unpaired) electrons. The maximum Gasteiger partial charge on any atom is 0.461 e. The summed E-state index contributed by atoms with van der Waals surface area (Å²) in [7, 11) is -4.43. The molecule has 0 saturated carbocycles. The van der Waals surface area contributed by atoms with Gasteiger partial charge in [0.1, 0.15) is 24.7 Å². The second-order valence-electron chi connectivity index (χ2n) is 9.08. The van der Waals surface area contributed by atoms with E-state index >= 15 is 0 Å². The van der Waals surface area contributed by atoms with E-state index in [1.807, 2.05) is 24.3 Å². The van der Waals surface area contributed by atoms with Crippen molar-refractivity contribution >= 4 is 25.8 Å². The van der Waals surface area contributed by atoms with Crippen LogP contribution in [0.5, 0.6) is 5.75 Å². The molecule has 0 aliphatic carbocycles. The molecule has 0 atom stereocenters. The third-order valence-corrected chi connectivity index (χ3v) is 8.72. The molecule has 40 heavy (non-hydrogen) atoms. The Bertz CT molecular complexity index is 1390. The lowest BCUT2D eigenvalue weighted by Crippen LogP contribution is -2.35. The van der Waals surface area contributed by atoms with Gasteiger partial charge in [-0.15, -0.1) is 0 Å². The fraction of sp³-hybridized carbons (Fsp3) is 0.333. The predicted molar refractivity (Wildman–Crippen MR) is 142 cm³/mol. The monoisotopic (exact) mass is 569 g/mol. The Labute approximate surface area is 230 Å². The molecule has 210 valence electrons. The van der Waals surface area contributed by atoms with Crippen molar-refractivity contribution in [2.75, 3.05) is 32.9 Å². The minimum atomic E-state index is -4.43. The molecule has 13 heteroatoms. The molecule has 2 fully saturated rings. The van der Waals surface area contributed by atoms with Gasteiger partial charge in [0, 0.05) is 17.2 Å². The van der Waals surface area contributed by atoms with Gasteiger partial charge >= 0.3 is 25.8 Å². The maximum absolute atomic E-state index is 13.7. The highest BCUT2D eigenvalue weighted by molar-refractivity contribution is 7.56. The topological polar surface area (TPSA) is 138 Å². The average molecular weight is 570 g/mol. The first-order chi connectivity index (χ1) is 19.4. The lowest BCUT2D eigenvalue weighted by molar-refractivity contribution is 0.0709. The zero-order chi connectivity index (χ0) is 28.1. The molecule has 3 heterocycles.